The van der Waals surface area contributed by atoms with Crippen molar-refractivity contribution in [3.63, 3.8) is 0 Å². The van der Waals surface area contributed by atoms with Crippen LogP contribution in [0.3, 0.4) is 0 Å². The predicted molar refractivity (Wildman–Crippen MR) is 61.7 cm³/mol. The zero-order chi connectivity index (χ0) is 11.4. The molecule has 0 aliphatic heterocycles. The summed E-state index contributed by atoms with van der Waals surface area (Å²) < 4.78 is 1.86. The molecule has 0 aliphatic carbocycles. The van der Waals surface area contributed by atoms with Gasteiger partial charge in [-0.25, -0.2) is 0 Å². The molecule has 0 saturated heterocycles. The van der Waals surface area contributed by atoms with Crippen LogP contribution in [0.5, 0.6) is 0 Å². The molecular weight excluding hydrogens is 188 g/mol. The lowest BCUT2D eigenvalue weighted by Crippen LogP contribution is -2.14. The quantitative estimate of drug-likeness (QED) is 0.808. The number of hydrogen-bond donors (Lipinski definition) is 1. The fourth-order valence-corrected chi connectivity index (χ4v) is 1.72. The van der Waals surface area contributed by atoms with E-state index >= 15 is 0 Å². The van der Waals surface area contributed by atoms with E-state index in [1.54, 1.807) is 0 Å². The van der Waals surface area contributed by atoms with Gasteiger partial charge in [0.05, 0.1) is 11.8 Å². The first-order valence-corrected chi connectivity index (χ1v) is 5.66. The van der Waals surface area contributed by atoms with Crippen LogP contribution in [0.2, 0.25) is 0 Å². The van der Waals surface area contributed by atoms with E-state index in [-0.39, 0.29) is 6.10 Å². The highest BCUT2D eigenvalue weighted by atomic mass is 16.3. The molecule has 1 aromatic heterocycles. The van der Waals surface area contributed by atoms with Crippen LogP contribution < -0.4 is 0 Å². The molecular formula is C12H22N2O. The summed E-state index contributed by atoms with van der Waals surface area (Å²) in [5, 5.41) is 14.1. The van der Waals surface area contributed by atoms with Gasteiger partial charge in [-0.15, -0.1) is 0 Å². The number of aliphatic hydroxyl groups is 1. The first-order chi connectivity index (χ1) is 6.99. The van der Waals surface area contributed by atoms with Crippen LogP contribution in [0.25, 0.3) is 0 Å². The normalized spacial score (nSPS) is 13.5. The van der Waals surface area contributed by atoms with E-state index in [0.717, 1.165) is 24.2 Å². The van der Waals surface area contributed by atoms with Crippen LogP contribution in [0, 0.1) is 12.8 Å². The van der Waals surface area contributed by atoms with E-state index in [0.29, 0.717) is 12.3 Å². The van der Waals surface area contributed by atoms with Crippen LogP contribution in [0.4, 0.5) is 0 Å². The number of aliphatic hydroxyl groups excluding tert-OH is 1. The Morgan fingerprint density at radius 1 is 1.40 bits per heavy atom. The summed E-state index contributed by atoms with van der Waals surface area (Å²) in [6.07, 6.45) is 2.44. The Labute approximate surface area is 92.1 Å². The van der Waals surface area contributed by atoms with E-state index in [4.69, 9.17) is 0 Å². The smallest absolute Gasteiger partial charge is 0.0596 e. The molecule has 1 aromatic rings. The Hall–Kier alpha value is -0.830. The second kappa shape index (κ2) is 5.31. The van der Waals surface area contributed by atoms with Gasteiger partial charge in [0.25, 0.3) is 0 Å². The van der Waals surface area contributed by atoms with Gasteiger partial charge >= 0.3 is 0 Å². The number of aryl methyl sites for hydroxylation is 2. The number of nitrogens with zero attached hydrogens (tertiary/aromatic N) is 2. The minimum Gasteiger partial charge on any atom is -0.393 e. The topological polar surface area (TPSA) is 38.0 Å². The Balaban J connectivity index is 2.44. The fourth-order valence-electron chi connectivity index (χ4n) is 1.72. The maximum Gasteiger partial charge on any atom is 0.0596 e. The highest BCUT2D eigenvalue weighted by Gasteiger charge is 2.10. The van der Waals surface area contributed by atoms with Gasteiger partial charge < -0.3 is 5.11 Å². The van der Waals surface area contributed by atoms with Crippen molar-refractivity contribution in [2.75, 3.05) is 0 Å². The van der Waals surface area contributed by atoms with Gasteiger partial charge in [-0.3, -0.25) is 4.68 Å². The fraction of sp³-hybridized carbons (Fsp3) is 0.750. The number of rotatable bonds is 5. The van der Waals surface area contributed by atoms with Crippen molar-refractivity contribution in [2.45, 2.75) is 46.1 Å². The molecule has 1 N–H and O–H groups in total. The molecule has 15 heavy (non-hydrogen) atoms. The van der Waals surface area contributed by atoms with E-state index in [2.05, 4.69) is 18.9 Å². The Bertz CT molecular complexity index is 305. The summed E-state index contributed by atoms with van der Waals surface area (Å²) in [4.78, 5) is 0. The van der Waals surface area contributed by atoms with E-state index in [1.165, 1.54) is 0 Å². The molecule has 86 valence electrons. The summed E-state index contributed by atoms with van der Waals surface area (Å²) >= 11 is 0. The SMILES string of the molecule is Cc1cc(CC(O)CCC(C)C)n(C)n1. The van der Waals surface area contributed by atoms with E-state index in [1.807, 2.05) is 24.7 Å². The first-order valence-electron chi connectivity index (χ1n) is 5.66. The zero-order valence-corrected chi connectivity index (χ0v) is 10.2. The molecule has 3 nitrogen and oxygen atoms in total. The van der Waals surface area contributed by atoms with Crippen molar-refractivity contribution >= 4 is 0 Å². The second-order valence-corrected chi connectivity index (χ2v) is 4.73. The van der Waals surface area contributed by atoms with Crippen LogP contribution in [-0.4, -0.2) is 21.0 Å². The van der Waals surface area contributed by atoms with Crippen molar-refractivity contribution in [3.8, 4) is 0 Å². The highest BCUT2D eigenvalue weighted by molar-refractivity contribution is 5.09. The third-order valence-electron chi connectivity index (χ3n) is 2.62. The van der Waals surface area contributed by atoms with Crippen molar-refractivity contribution < 1.29 is 5.11 Å². The molecule has 1 atom stereocenters. The molecule has 1 rings (SSSR count). The molecule has 0 radical (unpaired) electrons. The third-order valence-corrected chi connectivity index (χ3v) is 2.62. The highest BCUT2D eigenvalue weighted by Crippen LogP contribution is 2.12. The Kier molecular flexibility index (Phi) is 4.33. The minimum absolute atomic E-state index is 0.234. The molecule has 0 bridgehead atoms. The van der Waals surface area contributed by atoms with Gasteiger partial charge in [-0.1, -0.05) is 13.8 Å². The van der Waals surface area contributed by atoms with Crippen molar-refractivity contribution in [1.29, 1.82) is 0 Å². The van der Waals surface area contributed by atoms with Gasteiger partial charge in [0.2, 0.25) is 0 Å². The second-order valence-electron chi connectivity index (χ2n) is 4.73. The van der Waals surface area contributed by atoms with Crippen LogP contribution >= 0.6 is 0 Å². The summed E-state index contributed by atoms with van der Waals surface area (Å²) in [5.74, 6) is 0.660. The largest absolute Gasteiger partial charge is 0.393 e. The maximum absolute atomic E-state index is 9.84. The molecule has 0 fully saturated rings. The summed E-state index contributed by atoms with van der Waals surface area (Å²) in [6, 6.07) is 2.04. The number of aromatic nitrogens is 2. The van der Waals surface area contributed by atoms with Crippen LogP contribution in [0.15, 0.2) is 6.07 Å². The van der Waals surface area contributed by atoms with Gasteiger partial charge in [-0.2, -0.15) is 5.10 Å². The van der Waals surface area contributed by atoms with E-state index < -0.39 is 0 Å². The van der Waals surface area contributed by atoms with Crippen LogP contribution in [-0.2, 0) is 13.5 Å². The van der Waals surface area contributed by atoms with Gasteiger partial charge in [0.15, 0.2) is 0 Å². The van der Waals surface area contributed by atoms with Gasteiger partial charge in [0, 0.05) is 19.2 Å². The lowest BCUT2D eigenvalue weighted by molar-refractivity contribution is 0.154. The lowest BCUT2D eigenvalue weighted by atomic mass is 10.0. The summed E-state index contributed by atoms with van der Waals surface area (Å²) in [7, 11) is 1.93. The predicted octanol–water partition coefficient (Wildman–Crippen LogP) is 2.07. The van der Waals surface area contributed by atoms with Crippen molar-refractivity contribution in [2.24, 2.45) is 13.0 Å². The van der Waals surface area contributed by atoms with Crippen molar-refractivity contribution in [3.05, 3.63) is 17.5 Å². The molecule has 3 heteroatoms. The monoisotopic (exact) mass is 210 g/mol. The molecule has 0 aliphatic rings. The molecule has 0 amide bonds. The zero-order valence-electron chi connectivity index (χ0n) is 10.2. The third kappa shape index (κ3) is 4.04. The number of hydrogen-bond acceptors (Lipinski definition) is 2. The molecule has 0 saturated carbocycles. The summed E-state index contributed by atoms with van der Waals surface area (Å²) in [5.41, 5.74) is 2.13. The van der Waals surface area contributed by atoms with Gasteiger partial charge in [0.1, 0.15) is 0 Å². The lowest BCUT2D eigenvalue weighted by Gasteiger charge is -2.11. The van der Waals surface area contributed by atoms with Crippen LogP contribution in [0.1, 0.15) is 38.1 Å². The average Bonchev–Trinajstić information content (AvgIpc) is 2.42. The first kappa shape index (κ1) is 12.2. The van der Waals surface area contributed by atoms with Gasteiger partial charge in [-0.05, 0) is 31.7 Å². The van der Waals surface area contributed by atoms with Crippen molar-refractivity contribution in [1.82, 2.24) is 9.78 Å². The Morgan fingerprint density at radius 3 is 2.53 bits per heavy atom. The minimum atomic E-state index is -0.234. The molecule has 1 unspecified atom stereocenters. The molecule has 0 spiro atoms. The maximum atomic E-state index is 9.84. The summed E-state index contributed by atoms with van der Waals surface area (Å²) in [6.45, 7) is 6.34. The molecule has 1 heterocycles. The van der Waals surface area contributed by atoms with E-state index in [9.17, 15) is 5.11 Å². The average molecular weight is 210 g/mol. The Morgan fingerprint density at radius 2 is 2.07 bits per heavy atom. The standard InChI is InChI=1S/C12H22N2O/c1-9(2)5-6-12(15)8-11-7-10(3)13-14(11)4/h7,9,12,15H,5-6,8H2,1-4H3. The molecule has 0 aromatic carbocycles.